The molecule has 0 aromatic carbocycles. The number of furan rings is 1. The van der Waals surface area contributed by atoms with E-state index in [4.69, 9.17) is 9.15 Å². The first-order valence-corrected chi connectivity index (χ1v) is 11.2. The summed E-state index contributed by atoms with van der Waals surface area (Å²) in [6.45, 7) is 5.48. The minimum absolute atomic E-state index is 0.00496. The van der Waals surface area contributed by atoms with Gasteiger partial charge in [0.1, 0.15) is 11.5 Å². The van der Waals surface area contributed by atoms with E-state index in [1.165, 1.54) is 24.6 Å². The number of ether oxygens (including phenoxy) is 1. The van der Waals surface area contributed by atoms with Crippen molar-refractivity contribution in [2.75, 3.05) is 38.6 Å². The van der Waals surface area contributed by atoms with Gasteiger partial charge in [0.05, 0.1) is 31.1 Å². The number of carbonyl (C=O) groups excluding carboxylic acids is 1. The summed E-state index contributed by atoms with van der Waals surface area (Å²) >= 11 is 1.39. The second kappa shape index (κ2) is 9.73. The van der Waals surface area contributed by atoms with E-state index in [1.807, 2.05) is 23.7 Å². The van der Waals surface area contributed by atoms with Crippen molar-refractivity contribution in [2.45, 2.75) is 49.8 Å². The van der Waals surface area contributed by atoms with Gasteiger partial charge in [0.15, 0.2) is 0 Å². The summed E-state index contributed by atoms with van der Waals surface area (Å²) in [6.07, 6.45) is 4.64. The number of aromatic nitrogens is 4. The number of hydrogen-bond acceptors (Lipinski definition) is 8. The fourth-order valence-corrected chi connectivity index (χ4v) is 4.76. The molecule has 1 saturated carbocycles. The van der Waals surface area contributed by atoms with Crippen LogP contribution in [0.1, 0.15) is 49.3 Å². The van der Waals surface area contributed by atoms with Gasteiger partial charge in [-0.2, -0.15) is 0 Å². The highest BCUT2D eigenvalue weighted by atomic mass is 32.2. The lowest BCUT2D eigenvalue weighted by molar-refractivity contribution is -0.118. The third-order valence-electron chi connectivity index (χ3n) is 5.53. The molecule has 2 fully saturated rings. The number of morpholine rings is 1. The van der Waals surface area contributed by atoms with E-state index in [0.717, 1.165) is 42.6 Å². The SMILES string of the molecule is Cc1ccc([C@H](CNC(=O)CSc2nnnn2C2CCCC2)N2CCOCC2)o1. The summed E-state index contributed by atoms with van der Waals surface area (Å²) < 4.78 is 13.2. The first-order valence-electron chi connectivity index (χ1n) is 10.3. The van der Waals surface area contributed by atoms with E-state index in [0.29, 0.717) is 31.6 Å². The fourth-order valence-electron chi connectivity index (χ4n) is 3.98. The van der Waals surface area contributed by atoms with Gasteiger partial charge in [-0.3, -0.25) is 9.69 Å². The third kappa shape index (κ3) is 5.18. The number of carbonyl (C=O) groups is 1. The van der Waals surface area contributed by atoms with Crippen LogP contribution in [0.3, 0.4) is 0 Å². The minimum atomic E-state index is -0.0301. The highest BCUT2D eigenvalue weighted by Gasteiger charge is 2.26. The molecule has 2 aromatic heterocycles. The predicted octanol–water partition coefficient (Wildman–Crippen LogP) is 1.97. The Kier molecular flexibility index (Phi) is 6.83. The van der Waals surface area contributed by atoms with Crippen LogP contribution in [0, 0.1) is 6.92 Å². The number of tetrazole rings is 1. The lowest BCUT2D eigenvalue weighted by Crippen LogP contribution is -2.44. The van der Waals surface area contributed by atoms with Crippen molar-refractivity contribution < 1.29 is 13.9 Å². The Bertz CT molecular complexity index is 797. The van der Waals surface area contributed by atoms with Gasteiger partial charge in [0.25, 0.3) is 0 Å². The molecule has 10 heteroatoms. The summed E-state index contributed by atoms with van der Waals surface area (Å²) in [7, 11) is 0. The van der Waals surface area contributed by atoms with Crippen LogP contribution < -0.4 is 5.32 Å². The summed E-state index contributed by atoms with van der Waals surface area (Å²) in [5.41, 5.74) is 0. The molecule has 0 bridgehead atoms. The summed E-state index contributed by atoms with van der Waals surface area (Å²) in [6, 6.07) is 4.32. The molecule has 9 nitrogen and oxygen atoms in total. The fraction of sp³-hybridized carbons (Fsp3) is 0.684. The average molecular weight is 421 g/mol. The predicted molar refractivity (Wildman–Crippen MR) is 108 cm³/mol. The highest BCUT2D eigenvalue weighted by Crippen LogP contribution is 2.31. The Labute approximate surface area is 174 Å². The number of thioether (sulfide) groups is 1. The number of aryl methyl sites for hydroxylation is 1. The van der Waals surface area contributed by atoms with E-state index in [9.17, 15) is 4.79 Å². The summed E-state index contributed by atoms with van der Waals surface area (Å²) in [4.78, 5) is 14.8. The molecule has 1 saturated heterocycles. The molecule has 4 rings (SSSR count). The molecule has 1 atom stereocenters. The Hall–Kier alpha value is -1.91. The highest BCUT2D eigenvalue weighted by molar-refractivity contribution is 7.99. The maximum atomic E-state index is 12.5. The standard InChI is InChI=1S/C19H28N6O3S/c1-14-6-7-17(28-14)16(24-8-10-27-11-9-24)12-20-18(26)13-29-19-21-22-23-25(19)15-4-2-3-5-15/h6-7,15-16H,2-5,8-13H2,1H3,(H,20,26)/t16-/m0/s1. The monoisotopic (exact) mass is 420 g/mol. The van der Waals surface area contributed by atoms with Crippen molar-refractivity contribution in [3.05, 3.63) is 23.7 Å². The van der Waals surface area contributed by atoms with Crippen LogP contribution in [-0.2, 0) is 9.53 Å². The lowest BCUT2D eigenvalue weighted by Gasteiger charge is -2.33. The van der Waals surface area contributed by atoms with Crippen LogP contribution in [0.2, 0.25) is 0 Å². The van der Waals surface area contributed by atoms with Gasteiger partial charge >= 0.3 is 0 Å². The number of nitrogens with zero attached hydrogens (tertiary/aromatic N) is 5. The number of amides is 1. The van der Waals surface area contributed by atoms with Gasteiger partial charge in [-0.05, 0) is 42.3 Å². The Balaban J connectivity index is 1.32. The van der Waals surface area contributed by atoms with Crippen LogP contribution in [-0.4, -0.2) is 69.6 Å². The zero-order chi connectivity index (χ0) is 20.1. The largest absolute Gasteiger partial charge is 0.465 e. The zero-order valence-corrected chi connectivity index (χ0v) is 17.6. The zero-order valence-electron chi connectivity index (χ0n) is 16.7. The normalized spacial score (nSPS) is 19.5. The van der Waals surface area contributed by atoms with Gasteiger partial charge in [-0.15, -0.1) is 5.10 Å². The Morgan fingerprint density at radius 3 is 2.83 bits per heavy atom. The van der Waals surface area contributed by atoms with Gasteiger partial charge in [0, 0.05) is 19.6 Å². The molecule has 0 unspecified atom stereocenters. The Morgan fingerprint density at radius 1 is 1.31 bits per heavy atom. The molecular weight excluding hydrogens is 392 g/mol. The molecule has 1 aliphatic heterocycles. The molecule has 2 aliphatic rings. The molecule has 29 heavy (non-hydrogen) atoms. The second-order valence-electron chi connectivity index (χ2n) is 7.55. The molecule has 1 N–H and O–H groups in total. The summed E-state index contributed by atoms with van der Waals surface area (Å²) in [5.74, 6) is 2.01. The van der Waals surface area contributed by atoms with Crippen molar-refractivity contribution in [3.8, 4) is 0 Å². The van der Waals surface area contributed by atoms with Crippen molar-refractivity contribution in [2.24, 2.45) is 0 Å². The van der Waals surface area contributed by atoms with Crippen LogP contribution in [0.5, 0.6) is 0 Å². The first-order chi connectivity index (χ1) is 14.2. The minimum Gasteiger partial charge on any atom is -0.465 e. The van der Waals surface area contributed by atoms with E-state index < -0.39 is 0 Å². The van der Waals surface area contributed by atoms with Gasteiger partial charge in [-0.25, -0.2) is 4.68 Å². The molecule has 1 amide bonds. The van der Waals surface area contributed by atoms with Crippen LogP contribution in [0.15, 0.2) is 21.7 Å². The van der Waals surface area contributed by atoms with Crippen molar-refractivity contribution in [1.82, 2.24) is 30.4 Å². The third-order valence-corrected chi connectivity index (χ3v) is 6.47. The molecule has 3 heterocycles. The molecule has 158 valence electrons. The van der Waals surface area contributed by atoms with E-state index >= 15 is 0 Å². The van der Waals surface area contributed by atoms with E-state index in [-0.39, 0.29) is 11.9 Å². The van der Waals surface area contributed by atoms with Gasteiger partial charge < -0.3 is 14.5 Å². The molecule has 0 spiro atoms. The smallest absolute Gasteiger partial charge is 0.230 e. The maximum absolute atomic E-state index is 12.5. The molecule has 1 aliphatic carbocycles. The quantitative estimate of drug-likeness (QED) is 0.647. The maximum Gasteiger partial charge on any atom is 0.230 e. The molecule has 0 radical (unpaired) electrons. The van der Waals surface area contributed by atoms with Gasteiger partial charge in [-0.1, -0.05) is 24.6 Å². The van der Waals surface area contributed by atoms with E-state index in [1.54, 1.807) is 0 Å². The Morgan fingerprint density at radius 2 is 2.10 bits per heavy atom. The first kappa shape index (κ1) is 20.4. The lowest BCUT2D eigenvalue weighted by atomic mass is 10.1. The van der Waals surface area contributed by atoms with Gasteiger partial charge in [0.2, 0.25) is 11.1 Å². The summed E-state index contributed by atoms with van der Waals surface area (Å²) in [5, 5.41) is 15.8. The topological polar surface area (TPSA) is 98.3 Å². The van der Waals surface area contributed by atoms with Crippen molar-refractivity contribution in [1.29, 1.82) is 0 Å². The molecule has 2 aromatic rings. The number of rotatable bonds is 8. The van der Waals surface area contributed by atoms with Crippen LogP contribution in [0.4, 0.5) is 0 Å². The van der Waals surface area contributed by atoms with Crippen LogP contribution >= 0.6 is 11.8 Å². The van der Waals surface area contributed by atoms with Crippen molar-refractivity contribution >= 4 is 17.7 Å². The molecular formula is C19H28N6O3S. The second-order valence-corrected chi connectivity index (χ2v) is 8.49. The van der Waals surface area contributed by atoms with Crippen LogP contribution in [0.25, 0.3) is 0 Å². The number of hydrogen-bond donors (Lipinski definition) is 1. The average Bonchev–Trinajstić information content (AvgIpc) is 3.49. The number of nitrogens with one attached hydrogen (secondary N) is 1. The van der Waals surface area contributed by atoms with Crippen molar-refractivity contribution in [3.63, 3.8) is 0 Å². The van der Waals surface area contributed by atoms with E-state index in [2.05, 4.69) is 25.7 Å².